The topological polar surface area (TPSA) is 292 Å². The molecule has 0 spiro atoms. The van der Waals surface area contributed by atoms with Crippen LogP contribution in [0.5, 0.6) is 0 Å². The standard InChI is InChI=1S/C76H134N10O16/c1-25-57-73(95)79(19)54(17)71(93)84(24)65(55(18)100-37-31-30-34-85-35-38-99-39-36-85)62(88)44-56(48(8)9)72(94)80(20)58(40-45(2)3)61(87)43-52(15)68(90)77-53(16)70(92)81(21)59(41-46(4)5)74(96)82(22)60(42-47(6)7)75(97)83(23)64(49(10)11)76(98)86-66(69(91)78-57)67(102-86)51(14)32-28-26-27-29-33-63(89)101-50(12)13/h45-60,64-67H,25-44H2,1-24H3,(H,77,90)(H,78,91)/t51-,52-,53-,54-,55-,56+,57+,58+,59+,60+,64+,65+,66+,67-/m1/s1. The van der Waals surface area contributed by atoms with Crippen molar-refractivity contribution in [2.45, 2.75) is 287 Å². The van der Waals surface area contributed by atoms with Crippen molar-refractivity contribution in [3.63, 3.8) is 0 Å². The normalized spacial score (nSPS) is 27.4. The molecule has 0 aromatic rings. The van der Waals surface area contributed by atoms with Gasteiger partial charge in [-0.1, -0.05) is 109 Å². The minimum Gasteiger partial charge on any atom is -0.463 e. The summed E-state index contributed by atoms with van der Waals surface area (Å²) in [4.78, 5) is 193. The highest BCUT2D eigenvalue weighted by atomic mass is 16.7. The third-order valence-electron chi connectivity index (χ3n) is 20.6. The molecular formula is C76H134N10O16. The van der Waals surface area contributed by atoms with Crippen molar-refractivity contribution in [1.82, 2.24) is 50.0 Å². The molecule has 3 aliphatic heterocycles. The first-order valence-corrected chi connectivity index (χ1v) is 38.0. The number of carbonyl (C=O) groups is 12. The van der Waals surface area contributed by atoms with Crippen LogP contribution >= 0.6 is 0 Å². The van der Waals surface area contributed by atoms with Gasteiger partial charge in [0.2, 0.25) is 47.3 Å². The average molecular weight is 1440 g/mol. The Balaban J connectivity index is 2.28. The van der Waals surface area contributed by atoms with E-state index < -0.39 is 155 Å². The van der Waals surface area contributed by atoms with E-state index in [-0.39, 0.29) is 87.3 Å². The maximum Gasteiger partial charge on any atom is 0.306 e. The lowest BCUT2D eigenvalue weighted by Gasteiger charge is -2.50. The zero-order valence-corrected chi connectivity index (χ0v) is 66.8. The molecule has 26 nitrogen and oxygen atoms in total. The zero-order chi connectivity index (χ0) is 77.5. The third kappa shape index (κ3) is 25.9. The van der Waals surface area contributed by atoms with E-state index in [4.69, 9.17) is 19.0 Å². The molecule has 0 aromatic carbocycles. The van der Waals surface area contributed by atoms with Crippen LogP contribution in [0.15, 0.2) is 0 Å². The summed E-state index contributed by atoms with van der Waals surface area (Å²) in [5, 5.41) is 6.65. The first-order chi connectivity index (χ1) is 47.6. The first kappa shape index (κ1) is 90.1. The van der Waals surface area contributed by atoms with E-state index in [2.05, 4.69) is 15.5 Å². The van der Waals surface area contributed by atoms with E-state index in [0.29, 0.717) is 38.9 Å². The number of fused-ring (bicyclic) bond motifs is 1. The second-order valence-electron chi connectivity index (χ2n) is 31.6. The van der Waals surface area contributed by atoms with Gasteiger partial charge in [-0.15, -0.1) is 0 Å². The minimum absolute atomic E-state index is 0.0444. The number of hydrogen-bond donors (Lipinski definition) is 2. The molecule has 3 fully saturated rings. The first-order valence-electron chi connectivity index (χ1n) is 38.0. The van der Waals surface area contributed by atoms with Crippen LogP contribution in [-0.4, -0.2) is 264 Å². The number of rotatable bonds is 25. The molecule has 0 aliphatic carbocycles. The van der Waals surface area contributed by atoms with Crippen molar-refractivity contribution < 1.29 is 76.6 Å². The van der Waals surface area contributed by atoms with E-state index in [1.807, 2.05) is 48.5 Å². The molecule has 0 radical (unpaired) electrons. The number of carbonyl (C=O) groups excluding carboxylic acids is 12. The Labute approximate surface area is 611 Å². The summed E-state index contributed by atoms with van der Waals surface area (Å²) in [6.07, 6.45) is 2.99. The molecule has 0 aromatic heterocycles. The van der Waals surface area contributed by atoms with Crippen molar-refractivity contribution >= 4 is 70.7 Å². The fourth-order valence-corrected chi connectivity index (χ4v) is 14.1. The van der Waals surface area contributed by atoms with Crippen LogP contribution in [0.3, 0.4) is 0 Å². The van der Waals surface area contributed by atoms with Gasteiger partial charge in [-0.2, -0.15) is 0 Å². The van der Waals surface area contributed by atoms with Crippen LogP contribution in [0.25, 0.3) is 0 Å². The van der Waals surface area contributed by atoms with Gasteiger partial charge in [0.05, 0.1) is 31.5 Å². The number of nitrogens with zero attached hydrogens (tertiary/aromatic N) is 8. The smallest absolute Gasteiger partial charge is 0.306 e. The third-order valence-corrected chi connectivity index (χ3v) is 20.6. The molecule has 0 unspecified atom stereocenters. The quantitative estimate of drug-likeness (QED) is 0.0690. The summed E-state index contributed by atoms with van der Waals surface area (Å²) < 4.78 is 17.3. The summed E-state index contributed by atoms with van der Waals surface area (Å²) in [5.41, 5.74) is 0. The van der Waals surface area contributed by atoms with Crippen molar-refractivity contribution in [3.05, 3.63) is 0 Å². The monoisotopic (exact) mass is 1440 g/mol. The summed E-state index contributed by atoms with van der Waals surface area (Å²) >= 11 is 0. The Bertz CT molecular complexity index is 2780. The number of likely N-dealkylation sites (N-methyl/N-ethyl adjacent to an activating group) is 6. The second-order valence-corrected chi connectivity index (χ2v) is 31.6. The predicted octanol–water partition coefficient (Wildman–Crippen LogP) is 6.96. The zero-order valence-electron chi connectivity index (χ0n) is 66.8. The van der Waals surface area contributed by atoms with Crippen molar-refractivity contribution in [3.8, 4) is 0 Å². The summed E-state index contributed by atoms with van der Waals surface area (Å²) in [7, 11) is 8.83. The lowest BCUT2D eigenvalue weighted by atomic mass is 9.85. The number of Topliss-reactive ketones (excluding diaryl/α,β-unsaturated/α-hetero) is 2. The molecule has 26 heteroatoms. The molecule has 3 heterocycles. The van der Waals surface area contributed by atoms with Gasteiger partial charge in [-0.3, -0.25) is 67.3 Å². The molecular weight excluding hydrogens is 1310 g/mol. The van der Waals surface area contributed by atoms with Crippen LogP contribution in [0.2, 0.25) is 0 Å². The molecule has 584 valence electrons. The molecule has 9 amide bonds. The number of nitrogens with one attached hydrogen (secondary N) is 2. The van der Waals surface area contributed by atoms with Gasteiger partial charge in [0.1, 0.15) is 48.4 Å². The van der Waals surface area contributed by atoms with Crippen molar-refractivity contribution in [2.24, 2.45) is 47.3 Å². The van der Waals surface area contributed by atoms with Crippen LogP contribution in [0.1, 0.15) is 215 Å². The van der Waals surface area contributed by atoms with Gasteiger partial charge in [-0.25, -0.2) is 5.06 Å². The second kappa shape index (κ2) is 42.7. The van der Waals surface area contributed by atoms with E-state index in [9.17, 15) is 24.0 Å². The van der Waals surface area contributed by atoms with E-state index in [1.54, 1.807) is 62.3 Å². The summed E-state index contributed by atoms with van der Waals surface area (Å²) in [6.45, 7) is 35.9. The fourth-order valence-electron chi connectivity index (χ4n) is 14.1. The number of hydrogen-bond acceptors (Lipinski definition) is 17. The molecule has 3 rings (SSSR count). The molecule has 2 N–H and O–H groups in total. The molecule has 3 aliphatic rings. The number of morpholine rings is 1. The van der Waals surface area contributed by atoms with Gasteiger partial charge < -0.3 is 54.2 Å². The van der Waals surface area contributed by atoms with Crippen LogP contribution in [-0.2, 0) is 76.6 Å². The van der Waals surface area contributed by atoms with Crippen LogP contribution in [0.4, 0.5) is 0 Å². The van der Waals surface area contributed by atoms with Gasteiger partial charge >= 0.3 is 5.97 Å². The summed E-state index contributed by atoms with van der Waals surface area (Å²) in [5.74, 6) is -10.6. The summed E-state index contributed by atoms with van der Waals surface area (Å²) in [6, 6.07) is -10.8. The molecule has 0 saturated carbocycles. The van der Waals surface area contributed by atoms with Crippen molar-refractivity contribution in [1.29, 1.82) is 0 Å². The molecule has 102 heavy (non-hydrogen) atoms. The van der Waals surface area contributed by atoms with E-state index in [0.717, 1.165) is 44.0 Å². The predicted molar refractivity (Wildman–Crippen MR) is 390 cm³/mol. The molecule has 3 saturated heterocycles. The number of ketones is 2. The maximum absolute atomic E-state index is 15.4. The number of hydroxylamine groups is 2. The average Bonchev–Trinajstić information content (AvgIpc) is 0.754. The molecule has 14 atom stereocenters. The van der Waals surface area contributed by atoms with E-state index >= 15 is 33.6 Å². The highest BCUT2D eigenvalue weighted by Gasteiger charge is 2.55. The number of esters is 1. The minimum atomic E-state index is -1.31. The van der Waals surface area contributed by atoms with Gasteiger partial charge in [0, 0.05) is 93.1 Å². The Kier molecular flexibility index (Phi) is 37.7. The van der Waals surface area contributed by atoms with E-state index in [1.165, 1.54) is 85.5 Å². The maximum atomic E-state index is 15.4. The Morgan fingerprint density at radius 1 is 0.529 bits per heavy atom. The van der Waals surface area contributed by atoms with Gasteiger partial charge in [-0.05, 0) is 128 Å². The lowest BCUT2D eigenvalue weighted by molar-refractivity contribution is -0.322. The number of amides is 9. The number of ether oxygens (including phenoxy) is 3. The Hall–Kier alpha value is -6.12. The highest BCUT2D eigenvalue weighted by molar-refractivity contribution is 6.00. The van der Waals surface area contributed by atoms with Crippen molar-refractivity contribution in [2.75, 3.05) is 81.7 Å². The fraction of sp³-hybridized carbons (Fsp3) is 0.842. The number of unbranched alkanes of at least 4 members (excludes halogenated alkanes) is 4. The molecule has 0 bridgehead atoms. The largest absolute Gasteiger partial charge is 0.463 e. The SMILES string of the molecule is CC[C@@H]1NC(=O)[C@@H]2[C@@H]([C@H](C)CCCCCCC(=O)OC(C)C)ON2C(=O)[C@H](C(C)C)N(C)C(=O)[C@H](CC(C)C)N(C)C(=O)[C@H](CC(C)C)N(C)C(=O)[C@@H](C)NC(=O)[C@H](C)CC(=O)[C@H](CC(C)C)N(C)C(=O)[C@H](C(C)C)CC(=O)[C@H]([C@@H](C)OCCCCN2CCOCC2)N(C)C(=O)[C@@H](C)N(C)C1=O. The van der Waals surface area contributed by atoms with Crippen LogP contribution in [0, 0.1) is 47.3 Å². The Morgan fingerprint density at radius 2 is 1.06 bits per heavy atom. The Morgan fingerprint density at radius 3 is 1.60 bits per heavy atom. The lowest BCUT2D eigenvalue weighted by Crippen LogP contribution is -2.72. The van der Waals surface area contributed by atoms with Gasteiger partial charge in [0.25, 0.3) is 5.91 Å². The van der Waals surface area contributed by atoms with Crippen LogP contribution < -0.4 is 10.6 Å². The van der Waals surface area contributed by atoms with Gasteiger partial charge in [0.15, 0.2) is 17.6 Å². The highest BCUT2D eigenvalue weighted by Crippen LogP contribution is 2.35.